The fraction of sp³-hybridized carbons (Fsp3) is 0.450. The summed E-state index contributed by atoms with van der Waals surface area (Å²) in [7, 11) is -3.87. The Bertz CT molecular complexity index is 1720. The first-order valence-electron chi connectivity index (χ1n) is 16.3. The average molecular weight is 668 g/mol. The lowest BCUT2D eigenvalue weighted by Crippen LogP contribution is -2.43. The number of hydrogen-bond acceptors (Lipinski definition) is 0. The van der Waals surface area contributed by atoms with Crippen LogP contribution in [0.3, 0.4) is 0 Å². The van der Waals surface area contributed by atoms with Crippen molar-refractivity contribution in [3.63, 3.8) is 0 Å². The SMILES string of the molecule is CC(C)[Si](C#Cc1c2ccc(Br)cc2c(C#C[Si](C(C)C)(C(C)C)C(C)C)c2cc3ccccc3cc12)(C(C)C)C(C)C. The maximum Gasteiger partial charge on any atom is 0.146 e. The zero-order valence-corrected chi connectivity index (χ0v) is 32.1. The standard InChI is InChI=1S/C40H51BrSi2/c1-26(2)42(27(3)4,28(5)6)21-19-36-35-18-17-34(41)25-40(35)37(20-22-43(29(7)8,30(9)10)31(11)12)39-24-33-16-14-13-15-32(33)23-38(36)39/h13-18,23-31H,1-12H3. The van der Waals surface area contributed by atoms with Gasteiger partial charge in [0.2, 0.25) is 0 Å². The van der Waals surface area contributed by atoms with Crippen molar-refractivity contribution < 1.29 is 0 Å². The average Bonchev–Trinajstić information content (AvgIpc) is 2.92. The normalized spacial score (nSPS) is 12.7. The van der Waals surface area contributed by atoms with Crippen LogP contribution in [-0.2, 0) is 0 Å². The summed E-state index contributed by atoms with van der Waals surface area (Å²) in [6.45, 7) is 28.8. The Labute approximate surface area is 272 Å². The molecule has 0 aromatic heterocycles. The van der Waals surface area contributed by atoms with Crippen LogP contribution in [0, 0.1) is 22.9 Å². The van der Waals surface area contributed by atoms with E-state index >= 15 is 0 Å². The fourth-order valence-corrected chi connectivity index (χ4v) is 19.1. The Morgan fingerprint density at radius 2 is 0.814 bits per heavy atom. The maximum atomic E-state index is 4.06. The second kappa shape index (κ2) is 13.0. The second-order valence-corrected chi connectivity index (χ2v) is 26.6. The van der Waals surface area contributed by atoms with Crippen LogP contribution in [0.1, 0.15) is 94.2 Å². The molecule has 0 radical (unpaired) electrons. The first-order valence-corrected chi connectivity index (χ1v) is 21.6. The lowest BCUT2D eigenvalue weighted by molar-refractivity contribution is 0.838. The van der Waals surface area contributed by atoms with Crippen LogP contribution < -0.4 is 0 Å². The quantitative estimate of drug-likeness (QED) is 0.109. The molecule has 0 amide bonds. The van der Waals surface area contributed by atoms with Gasteiger partial charge in [-0.25, -0.2) is 0 Å². The maximum absolute atomic E-state index is 4.06. The van der Waals surface area contributed by atoms with Crippen LogP contribution in [0.5, 0.6) is 0 Å². The van der Waals surface area contributed by atoms with Gasteiger partial charge in [-0.2, -0.15) is 0 Å². The molecule has 0 nitrogen and oxygen atoms in total. The van der Waals surface area contributed by atoms with Gasteiger partial charge < -0.3 is 0 Å². The predicted octanol–water partition coefficient (Wildman–Crippen LogP) is 13.0. The van der Waals surface area contributed by atoms with E-state index < -0.39 is 16.1 Å². The smallest absolute Gasteiger partial charge is 0.125 e. The van der Waals surface area contributed by atoms with E-state index in [1.807, 2.05) is 0 Å². The largest absolute Gasteiger partial charge is 0.146 e. The molecule has 0 spiro atoms. The number of halogens is 1. The zero-order chi connectivity index (χ0) is 31.9. The summed E-state index contributed by atoms with van der Waals surface area (Å²) in [5.74, 6) is 7.82. The monoisotopic (exact) mass is 666 g/mol. The molecule has 0 aliphatic heterocycles. The van der Waals surface area contributed by atoms with E-state index in [1.165, 1.54) is 32.3 Å². The molecule has 0 aliphatic rings. The van der Waals surface area contributed by atoms with Crippen LogP contribution in [0.4, 0.5) is 0 Å². The Kier molecular flexibility index (Phi) is 10.1. The molecule has 0 aliphatic carbocycles. The molecule has 4 aromatic carbocycles. The topological polar surface area (TPSA) is 0 Å². The minimum atomic E-state index is -1.94. The molecule has 0 fully saturated rings. The third-order valence-electron chi connectivity index (χ3n) is 10.5. The van der Waals surface area contributed by atoms with Crippen molar-refractivity contribution in [3.8, 4) is 22.9 Å². The number of hydrogen-bond donors (Lipinski definition) is 0. The summed E-state index contributed by atoms with van der Waals surface area (Å²) in [6, 6.07) is 20.2. The van der Waals surface area contributed by atoms with Gasteiger partial charge in [-0.15, -0.1) is 11.1 Å². The third kappa shape index (κ3) is 5.91. The van der Waals surface area contributed by atoms with Crippen molar-refractivity contribution in [2.45, 2.75) is 116 Å². The first kappa shape index (κ1) is 33.6. The van der Waals surface area contributed by atoms with E-state index in [1.54, 1.807) is 0 Å². The zero-order valence-electron chi connectivity index (χ0n) is 28.5. The molecular formula is C40H51BrSi2. The van der Waals surface area contributed by atoms with E-state index in [-0.39, 0.29) is 0 Å². The van der Waals surface area contributed by atoms with Crippen molar-refractivity contribution in [2.24, 2.45) is 0 Å². The van der Waals surface area contributed by atoms with Crippen molar-refractivity contribution in [2.75, 3.05) is 0 Å². The highest BCUT2D eigenvalue weighted by atomic mass is 79.9. The first-order chi connectivity index (χ1) is 20.2. The molecule has 3 heteroatoms. The minimum Gasteiger partial charge on any atom is -0.125 e. The highest BCUT2D eigenvalue weighted by Crippen LogP contribution is 2.43. The molecule has 0 saturated heterocycles. The molecule has 226 valence electrons. The molecule has 0 N–H and O–H groups in total. The summed E-state index contributed by atoms with van der Waals surface area (Å²) >= 11 is 3.81. The van der Waals surface area contributed by atoms with Crippen molar-refractivity contribution in [1.29, 1.82) is 0 Å². The van der Waals surface area contributed by atoms with E-state index in [0.29, 0.717) is 33.2 Å². The summed E-state index contributed by atoms with van der Waals surface area (Å²) in [6.07, 6.45) is 0. The van der Waals surface area contributed by atoms with Gasteiger partial charge in [0.1, 0.15) is 16.1 Å². The summed E-state index contributed by atoms with van der Waals surface area (Å²) in [5, 5.41) is 7.39. The van der Waals surface area contributed by atoms with Crippen LogP contribution in [0.2, 0.25) is 33.2 Å². The Morgan fingerprint density at radius 1 is 0.465 bits per heavy atom. The lowest BCUT2D eigenvalue weighted by atomic mass is 9.90. The summed E-state index contributed by atoms with van der Waals surface area (Å²) < 4.78 is 1.08. The molecule has 0 atom stereocenters. The fourth-order valence-electron chi connectivity index (χ4n) is 8.36. The van der Waals surface area contributed by atoms with Gasteiger partial charge in [0.25, 0.3) is 0 Å². The summed E-state index contributed by atoms with van der Waals surface area (Å²) in [5.41, 5.74) is 13.9. The highest BCUT2D eigenvalue weighted by Gasteiger charge is 2.42. The van der Waals surface area contributed by atoms with Gasteiger partial charge in [-0.1, -0.05) is 141 Å². The lowest BCUT2D eigenvalue weighted by Gasteiger charge is -2.38. The van der Waals surface area contributed by atoms with Gasteiger partial charge in [0, 0.05) is 21.0 Å². The van der Waals surface area contributed by atoms with Crippen LogP contribution in [0.15, 0.2) is 59.1 Å². The number of rotatable bonds is 6. The minimum absolute atomic E-state index is 0.580. The van der Waals surface area contributed by atoms with E-state index in [9.17, 15) is 0 Å². The molecule has 4 aromatic rings. The van der Waals surface area contributed by atoms with Crippen molar-refractivity contribution in [1.82, 2.24) is 0 Å². The third-order valence-corrected chi connectivity index (χ3v) is 23.6. The molecular weight excluding hydrogens is 617 g/mol. The number of fused-ring (bicyclic) bond motifs is 3. The van der Waals surface area contributed by atoms with Gasteiger partial charge >= 0.3 is 0 Å². The van der Waals surface area contributed by atoms with Gasteiger partial charge in [0.05, 0.1) is 0 Å². The molecule has 4 rings (SSSR count). The van der Waals surface area contributed by atoms with E-state index in [0.717, 1.165) is 15.6 Å². The van der Waals surface area contributed by atoms with E-state index in [4.69, 9.17) is 0 Å². The van der Waals surface area contributed by atoms with Crippen LogP contribution in [-0.4, -0.2) is 16.1 Å². The van der Waals surface area contributed by atoms with E-state index in [2.05, 4.69) is 177 Å². The Morgan fingerprint density at radius 3 is 1.19 bits per heavy atom. The molecule has 43 heavy (non-hydrogen) atoms. The van der Waals surface area contributed by atoms with Crippen LogP contribution in [0.25, 0.3) is 32.3 Å². The highest BCUT2D eigenvalue weighted by molar-refractivity contribution is 9.10. The second-order valence-electron chi connectivity index (χ2n) is 14.5. The summed E-state index contributed by atoms with van der Waals surface area (Å²) in [4.78, 5) is 0. The van der Waals surface area contributed by atoms with Crippen LogP contribution >= 0.6 is 15.9 Å². The van der Waals surface area contributed by atoms with Gasteiger partial charge in [-0.3, -0.25) is 0 Å². The van der Waals surface area contributed by atoms with Gasteiger partial charge in [0.15, 0.2) is 0 Å². The van der Waals surface area contributed by atoms with Crippen molar-refractivity contribution >= 4 is 64.4 Å². The predicted molar refractivity (Wildman–Crippen MR) is 203 cm³/mol. The number of benzene rings is 4. The van der Waals surface area contributed by atoms with Gasteiger partial charge in [-0.05, 0) is 84.4 Å². The molecule has 0 unspecified atom stereocenters. The molecule has 0 heterocycles. The van der Waals surface area contributed by atoms with Crippen molar-refractivity contribution in [3.05, 3.63) is 70.2 Å². The Balaban J connectivity index is 2.23. The molecule has 0 saturated carbocycles. The molecule has 0 bridgehead atoms. The Hall–Kier alpha value is -2.31.